The molecule has 0 aliphatic rings. The Kier molecular flexibility index (Phi) is 3.70. The first-order chi connectivity index (χ1) is 9.04. The van der Waals surface area contributed by atoms with E-state index in [1.807, 2.05) is 51.1 Å². The zero-order chi connectivity index (χ0) is 14.0. The van der Waals surface area contributed by atoms with E-state index in [9.17, 15) is 4.79 Å². The number of nitrogens with two attached hydrogens (primary N) is 1. The number of Topliss-reactive ketones (excluding diaryl/α,β-unsaturated/α-hetero) is 1. The molecule has 0 saturated heterocycles. The summed E-state index contributed by atoms with van der Waals surface area (Å²) in [6, 6.07) is 11.8. The van der Waals surface area contributed by atoms with E-state index in [1.54, 1.807) is 0 Å². The minimum Gasteiger partial charge on any atom is -0.398 e. The lowest BCUT2D eigenvalue weighted by molar-refractivity contribution is 0.0988. The van der Waals surface area contributed by atoms with E-state index in [-0.39, 0.29) is 5.78 Å². The Hall–Kier alpha value is -2.09. The van der Waals surface area contributed by atoms with E-state index in [0.717, 1.165) is 33.5 Å². The topological polar surface area (TPSA) is 43.1 Å². The minimum absolute atomic E-state index is 0.180. The SMILES string of the molecule is CCC(=O)c1ccc(-c2cccc(N)c2C)c(C)c1. The third-order valence-corrected chi connectivity index (χ3v) is 3.54. The van der Waals surface area contributed by atoms with Crippen LogP contribution in [0.1, 0.15) is 34.8 Å². The first-order valence-corrected chi connectivity index (χ1v) is 6.54. The summed E-state index contributed by atoms with van der Waals surface area (Å²) < 4.78 is 0. The molecular weight excluding hydrogens is 234 g/mol. The fourth-order valence-electron chi connectivity index (χ4n) is 2.29. The molecule has 2 aromatic rings. The normalized spacial score (nSPS) is 10.5. The van der Waals surface area contributed by atoms with Gasteiger partial charge in [-0.25, -0.2) is 0 Å². The van der Waals surface area contributed by atoms with Gasteiger partial charge in [0.05, 0.1) is 0 Å². The molecule has 2 aromatic carbocycles. The van der Waals surface area contributed by atoms with Crippen molar-refractivity contribution in [3.63, 3.8) is 0 Å². The van der Waals surface area contributed by atoms with Crippen molar-refractivity contribution in [1.29, 1.82) is 0 Å². The van der Waals surface area contributed by atoms with E-state index in [2.05, 4.69) is 6.07 Å². The number of hydrogen-bond acceptors (Lipinski definition) is 2. The first kappa shape index (κ1) is 13.3. The molecule has 0 radical (unpaired) electrons. The van der Waals surface area contributed by atoms with Gasteiger partial charge in [-0.1, -0.05) is 31.2 Å². The Balaban J connectivity index is 2.52. The van der Waals surface area contributed by atoms with E-state index in [1.165, 1.54) is 0 Å². The lowest BCUT2D eigenvalue weighted by Gasteiger charge is -2.12. The third-order valence-electron chi connectivity index (χ3n) is 3.54. The molecule has 0 aliphatic heterocycles. The maximum absolute atomic E-state index is 11.7. The van der Waals surface area contributed by atoms with Crippen molar-refractivity contribution in [1.82, 2.24) is 0 Å². The van der Waals surface area contributed by atoms with Crippen LogP contribution in [0.4, 0.5) is 5.69 Å². The highest BCUT2D eigenvalue weighted by Crippen LogP contribution is 2.30. The van der Waals surface area contributed by atoms with Gasteiger partial charge in [0.2, 0.25) is 0 Å². The van der Waals surface area contributed by atoms with Crippen LogP contribution in [0.2, 0.25) is 0 Å². The molecule has 0 heterocycles. The van der Waals surface area contributed by atoms with Crippen molar-refractivity contribution in [2.24, 2.45) is 0 Å². The van der Waals surface area contributed by atoms with Gasteiger partial charge in [-0.2, -0.15) is 0 Å². The molecule has 0 aromatic heterocycles. The number of rotatable bonds is 3. The van der Waals surface area contributed by atoms with Crippen molar-refractivity contribution >= 4 is 11.5 Å². The summed E-state index contributed by atoms with van der Waals surface area (Å²) >= 11 is 0. The number of ketones is 1. The maximum Gasteiger partial charge on any atom is 0.162 e. The summed E-state index contributed by atoms with van der Waals surface area (Å²) in [4.78, 5) is 11.7. The zero-order valence-electron chi connectivity index (χ0n) is 11.7. The monoisotopic (exact) mass is 253 g/mol. The molecule has 0 aliphatic carbocycles. The lowest BCUT2D eigenvalue weighted by Crippen LogP contribution is -1.98. The number of hydrogen-bond donors (Lipinski definition) is 1. The standard InChI is InChI=1S/C17H19NO/c1-4-17(19)13-8-9-14(11(2)10-13)15-6-5-7-16(18)12(15)3/h5-10H,4,18H2,1-3H3. The molecule has 2 rings (SSSR count). The molecule has 0 fully saturated rings. The van der Waals surface area contributed by atoms with Crippen LogP contribution >= 0.6 is 0 Å². The van der Waals surface area contributed by atoms with Gasteiger partial charge in [0.25, 0.3) is 0 Å². The number of carbonyl (C=O) groups excluding carboxylic acids is 1. The fourth-order valence-corrected chi connectivity index (χ4v) is 2.29. The quantitative estimate of drug-likeness (QED) is 0.659. The van der Waals surface area contributed by atoms with E-state index in [0.29, 0.717) is 6.42 Å². The summed E-state index contributed by atoms with van der Waals surface area (Å²) in [5.41, 5.74) is 12.0. The molecule has 0 atom stereocenters. The molecule has 2 nitrogen and oxygen atoms in total. The molecule has 0 amide bonds. The smallest absolute Gasteiger partial charge is 0.162 e. The molecular formula is C17H19NO. The summed E-state index contributed by atoms with van der Waals surface area (Å²) in [5.74, 6) is 0.180. The Morgan fingerprint density at radius 3 is 2.47 bits per heavy atom. The van der Waals surface area contributed by atoms with Crippen molar-refractivity contribution in [3.05, 3.63) is 53.1 Å². The molecule has 98 valence electrons. The third kappa shape index (κ3) is 2.53. The molecule has 0 saturated carbocycles. The summed E-state index contributed by atoms with van der Waals surface area (Å²) in [6.07, 6.45) is 0.538. The van der Waals surface area contributed by atoms with E-state index in [4.69, 9.17) is 5.73 Å². The highest BCUT2D eigenvalue weighted by Gasteiger charge is 2.09. The van der Waals surface area contributed by atoms with Crippen LogP contribution in [0.15, 0.2) is 36.4 Å². The number of benzene rings is 2. The van der Waals surface area contributed by atoms with Gasteiger partial charge < -0.3 is 5.73 Å². The second kappa shape index (κ2) is 5.27. The molecule has 19 heavy (non-hydrogen) atoms. The van der Waals surface area contributed by atoms with Gasteiger partial charge in [0.15, 0.2) is 5.78 Å². The Labute approximate surface area is 114 Å². The summed E-state index contributed by atoms with van der Waals surface area (Å²) in [6.45, 7) is 5.94. The van der Waals surface area contributed by atoms with Crippen LogP contribution in [0, 0.1) is 13.8 Å². The molecule has 0 unspecified atom stereocenters. The Morgan fingerprint density at radius 2 is 1.84 bits per heavy atom. The molecule has 0 spiro atoms. The minimum atomic E-state index is 0.180. The highest BCUT2D eigenvalue weighted by molar-refractivity contribution is 5.96. The average molecular weight is 253 g/mol. The van der Waals surface area contributed by atoms with Crippen molar-refractivity contribution in [3.8, 4) is 11.1 Å². The average Bonchev–Trinajstić information content (AvgIpc) is 2.41. The van der Waals surface area contributed by atoms with Crippen LogP contribution in [-0.2, 0) is 0 Å². The van der Waals surface area contributed by atoms with E-state index >= 15 is 0 Å². The number of carbonyl (C=O) groups is 1. The number of nitrogen functional groups attached to an aromatic ring is 1. The number of aryl methyl sites for hydroxylation is 1. The predicted octanol–water partition coefficient (Wildman–Crippen LogP) is 4.15. The van der Waals surface area contributed by atoms with E-state index < -0.39 is 0 Å². The van der Waals surface area contributed by atoms with Crippen molar-refractivity contribution < 1.29 is 4.79 Å². The lowest BCUT2D eigenvalue weighted by atomic mass is 9.93. The van der Waals surface area contributed by atoms with Gasteiger partial charge >= 0.3 is 0 Å². The van der Waals surface area contributed by atoms with Crippen LogP contribution in [0.25, 0.3) is 11.1 Å². The van der Waals surface area contributed by atoms with Gasteiger partial charge in [0.1, 0.15) is 0 Å². The first-order valence-electron chi connectivity index (χ1n) is 6.54. The van der Waals surface area contributed by atoms with Crippen molar-refractivity contribution in [2.45, 2.75) is 27.2 Å². The zero-order valence-corrected chi connectivity index (χ0v) is 11.7. The van der Waals surface area contributed by atoms with Gasteiger partial charge in [0, 0.05) is 17.7 Å². The predicted molar refractivity (Wildman–Crippen MR) is 80.4 cm³/mol. The largest absolute Gasteiger partial charge is 0.398 e. The van der Waals surface area contributed by atoms with Gasteiger partial charge in [-0.3, -0.25) is 4.79 Å². The van der Waals surface area contributed by atoms with Crippen LogP contribution in [0.5, 0.6) is 0 Å². The second-order valence-electron chi connectivity index (χ2n) is 4.83. The molecule has 0 bridgehead atoms. The Morgan fingerprint density at radius 1 is 1.11 bits per heavy atom. The Bertz CT molecular complexity index is 629. The molecule has 2 N–H and O–H groups in total. The summed E-state index contributed by atoms with van der Waals surface area (Å²) in [5, 5.41) is 0. The van der Waals surface area contributed by atoms with Gasteiger partial charge in [-0.15, -0.1) is 0 Å². The fraction of sp³-hybridized carbons (Fsp3) is 0.235. The molecule has 2 heteroatoms. The van der Waals surface area contributed by atoms with Crippen LogP contribution in [-0.4, -0.2) is 5.78 Å². The van der Waals surface area contributed by atoms with Crippen LogP contribution < -0.4 is 5.73 Å². The summed E-state index contributed by atoms with van der Waals surface area (Å²) in [7, 11) is 0. The highest BCUT2D eigenvalue weighted by atomic mass is 16.1. The van der Waals surface area contributed by atoms with Crippen molar-refractivity contribution in [2.75, 3.05) is 5.73 Å². The van der Waals surface area contributed by atoms with Crippen LogP contribution in [0.3, 0.4) is 0 Å². The maximum atomic E-state index is 11.7. The number of anilines is 1. The second-order valence-corrected chi connectivity index (χ2v) is 4.83. The van der Waals surface area contributed by atoms with Gasteiger partial charge in [-0.05, 0) is 48.2 Å².